The number of nitrogens with one attached hydrogen (secondary N) is 2. The molecule has 1 aromatic carbocycles. The van der Waals surface area contributed by atoms with Crippen LogP contribution in [-0.2, 0) is 0 Å². The second kappa shape index (κ2) is 8.59. The van der Waals surface area contributed by atoms with E-state index in [1.165, 1.54) is 6.20 Å². The molecule has 0 unspecified atom stereocenters. The lowest BCUT2D eigenvalue weighted by atomic mass is 10.2. The van der Waals surface area contributed by atoms with Gasteiger partial charge in [0.05, 0.1) is 12.4 Å². The van der Waals surface area contributed by atoms with E-state index in [0.29, 0.717) is 28.6 Å². The minimum atomic E-state index is 0.439. The molecule has 3 rings (SSSR count). The fourth-order valence-electron chi connectivity index (χ4n) is 2.28. The molecule has 0 atom stereocenters. The van der Waals surface area contributed by atoms with Crippen LogP contribution >= 0.6 is 23.2 Å². The number of aromatic nitrogens is 5. The highest BCUT2D eigenvalue weighted by Gasteiger charge is 2.06. The Morgan fingerprint density at radius 2 is 1.88 bits per heavy atom. The van der Waals surface area contributed by atoms with Crippen LogP contribution in [0.15, 0.2) is 35.6 Å². The highest BCUT2D eigenvalue weighted by atomic mass is 35.5. The number of fused-ring (bicyclic) bond motifs is 1. The Balaban J connectivity index is 1.66. The van der Waals surface area contributed by atoms with E-state index in [0.717, 1.165) is 24.3 Å². The lowest BCUT2D eigenvalue weighted by Gasteiger charge is -2.22. The number of anilines is 2. The van der Waals surface area contributed by atoms with Gasteiger partial charge in [0.1, 0.15) is 5.52 Å². The fourth-order valence-corrected chi connectivity index (χ4v) is 2.69. The Bertz CT molecular complexity index is 827. The maximum absolute atomic E-state index is 5.84. The van der Waals surface area contributed by atoms with Gasteiger partial charge in [-0.1, -0.05) is 12.1 Å². The predicted molar refractivity (Wildman–Crippen MR) is 101 cm³/mol. The number of benzene rings is 1. The van der Waals surface area contributed by atoms with Crippen molar-refractivity contribution in [2.24, 2.45) is 5.10 Å². The number of nitrogens with zero attached hydrogens (tertiary/aromatic N) is 6. The SMILES string of the molecule is ClCCN(CCCl)c1ccc(/C=N/Nc2nncc3n[nH]nc23)cc1. The van der Waals surface area contributed by atoms with Crippen molar-refractivity contribution in [2.45, 2.75) is 0 Å². The topological polar surface area (TPSA) is 95.0 Å². The Morgan fingerprint density at radius 1 is 1.12 bits per heavy atom. The first-order valence-corrected chi connectivity index (χ1v) is 8.67. The number of alkyl halides is 2. The van der Waals surface area contributed by atoms with E-state index >= 15 is 0 Å². The third kappa shape index (κ3) is 4.34. The molecule has 8 nitrogen and oxygen atoms in total. The molecule has 25 heavy (non-hydrogen) atoms. The van der Waals surface area contributed by atoms with E-state index in [-0.39, 0.29) is 0 Å². The summed E-state index contributed by atoms with van der Waals surface area (Å²) in [6.45, 7) is 1.51. The van der Waals surface area contributed by atoms with Crippen LogP contribution < -0.4 is 10.3 Å². The summed E-state index contributed by atoms with van der Waals surface area (Å²) in [6, 6.07) is 7.97. The summed E-state index contributed by atoms with van der Waals surface area (Å²) >= 11 is 11.7. The second-order valence-corrected chi connectivity index (χ2v) is 5.83. The number of aromatic amines is 1. The van der Waals surface area contributed by atoms with Crippen molar-refractivity contribution in [3.05, 3.63) is 36.0 Å². The standard InChI is InChI=1S/C15H16Cl2N8/c16-5-7-25(8-6-17)12-3-1-11(2-4-12)9-18-22-15-14-13(10-19-23-15)20-24-21-14/h1-4,9-10H,5-8H2,(H,22,23)(H,20,21,24)/b18-9+. The Morgan fingerprint density at radius 3 is 2.60 bits per heavy atom. The summed E-state index contributed by atoms with van der Waals surface area (Å²) in [7, 11) is 0. The number of halogens is 2. The molecule has 2 N–H and O–H groups in total. The first-order chi connectivity index (χ1) is 12.3. The molecule has 0 fully saturated rings. The molecular weight excluding hydrogens is 363 g/mol. The van der Waals surface area contributed by atoms with Crippen LogP contribution in [0, 0.1) is 0 Å². The summed E-state index contributed by atoms with van der Waals surface area (Å²) in [5, 5.41) is 22.5. The van der Waals surface area contributed by atoms with Crippen molar-refractivity contribution >= 4 is 52.0 Å². The van der Waals surface area contributed by atoms with E-state index in [1.54, 1.807) is 6.21 Å². The van der Waals surface area contributed by atoms with Gasteiger partial charge in [-0.2, -0.15) is 25.6 Å². The molecule has 0 saturated heterocycles. The zero-order valence-corrected chi connectivity index (χ0v) is 14.7. The lowest BCUT2D eigenvalue weighted by Crippen LogP contribution is -2.27. The van der Waals surface area contributed by atoms with Gasteiger partial charge >= 0.3 is 0 Å². The highest BCUT2D eigenvalue weighted by Crippen LogP contribution is 2.16. The van der Waals surface area contributed by atoms with Gasteiger partial charge in [-0.15, -0.1) is 28.3 Å². The Kier molecular flexibility index (Phi) is 5.97. The molecular formula is C15H16Cl2N8. The van der Waals surface area contributed by atoms with E-state index in [1.807, 2.05) is 24.3 Å². The smallest absolute Gasteiger partial charge is 0.199 e. The minimum Gasteiger partial charge on any atom is -0.369 e. The largest absolute Gasteiger partial charge is 0.369 e. The van der Waals surface area contributed by atoms with Gasteiger partial charge in [0, 0.05) is 30.5 Å². The zero-order valence-electron chi connectivity index (χ0n) is 13.2. The summed E-state index contributed by atoms with van der Waals surface area (Å²) in [6.07, 6.45) is 3.22. The molecule has 2 aromatic heterocycles. The molecule has 3 aromatic rings. The number of hydrazone groups is 1. The normalized spacial score (nSPS) is 11.3. The number of hydrogen-bond donors (Lipinski definition) is 2. The van der Waals surface area contributed by atoms with Crippen LogP contribution in [0.5, 0.6) is 0 Å². The summed E-state index contributed by atoms with van der Waals surface area (Å²) in [5.41, 5.74) is 6.04. The van der Waals surface area contributed by atoms with Gasteiger partial charge in [-0.3, -0.25) is 5.43 Å². The Labute approximate surface area is 154 Å². The van der Waals surface area contributed by atoms with Crippen molar-refractivity contribution in [1.82, 2.24) is 25.6 Å². The van der Waals surface area contributed by atoms with Crippen LogP contribution in [0.1, 0.15) is 5.56 Å². The molecule has 0 radical (unpaired) electrons. The van der Waals surface area contributed by atoms with Crippen LogP contribution in [-0.4, -0.2) is 56.7 Å². The molecule has 0 spiro atoms. The molecule has 10 heteroatoms. The summed E-state index contributed by atoms with van der Waals surface area (Å²) in [4.78, 5) is 2.14. The van der Waals surface area contributed by atoms with Gasteiger partial charge in [0.2, 0.25) is 0 Å². The van der Waals surface area contributed by atoms with Gasteiger partial charge in [0.15, 0.2) is 11.3 Å². The molecule has 0 bridgehead atoms. The van der Waals surface area contributed by atoms with E-state index in [2.05, 4.69) is 41.0 Å². The maximum atomic E-state index is 5.84. The minimum absolute atomic E-state index is 0.439. The second-order valence-electron chi connectivity index (χ2n) is 5.08. The predicted octanol–water partition coefficient (Wildman–Crippen LogP) is 2.48. The maximum Gasteiger partial charge on any atom is 0.199 e. The quantitative estimate of drug-likeness (QED) is 0.355. The third-order valence-electron chi connectivity index (χ3n) is 3.49. The van der Waals surface area contributed by atoms with E-state index in [9.17, 15) is 0 Å². The number of hydrogen-bond acceptors (Lipinski definition) is 7. The first kappa shape index (κ1) is 17.4. The van der Waals surface area contributed by atoms with Gasteiger partial charge in [-0.05, 0) is 17.7 Å². The molecule has 0 aliphatic heterocycles. The monoisotopic (exact) mass is 378 g/mol. The lowest BCUT2D eigenvalue weighted by molar-refractivity contribution is 0.874. The molecule has 2 heterocycles. The highest BCUT2D eigenvalue weighted by molar-refractivity contribution is 6.18. The zero-order chi connectivity index (χ0) is 17.5. The Hall–Kier alpha value is -2.45. The van der Waals surface area contributed by atoms with Crippen LogP contribution in [0.4, 0.5) is 11.5 Å². The average molecular weight is 379 g/mol. The molecule has 0 aliphatic rings. The molecule has 0 amide bonds. The van der Waals surface area contributed by atoms with Crippen LogP contribution in [0.25, 0.3) is 11.0 Å². The van der Waals surface area contributed by atoms with E-state index < -0.39 is 0 Å². The van der Waals surface area contributed by atoms with Gasteiger partial charge in [-0.25, -0.2) is 0 Å². The number of H-pyrrole nitrogens is 1. The van der Waals surface area contributed by atoms with Crippen molar-refractivity contribution in [2.75, 3.05) is 35.2 Å². The fraction of sp³-hybridized carbons (Fsp3) is 0.267. The van der Waals surface area contributed by atoms with Crippen molar-refractivity contribution in [3.8, 4) is 0 Å². The van der Waals surface area contributed by atoms with Gasteiger partial charge < -0.3 is 4.90 Å². The summed E-state index contributed by atoms with van der Waals surface area (Å²) < 4.78 is 0. The first-order valence-electron chi connectivity index (χ1n) is 7.60. The third-order valence-corrected chi connectivity index (χ3v) is 3.83. The van der Waals surface area contributed by atoms with Crippen molar-refractivity contribution in [1.29, 1.82) is 0 Å². The number of rotatable bonds is 8. The van der Waals surface area contributed by atoms with Crippen molar-refractivity contribution in [3.63, 3.8) is 0 Å². The molecule has 130 valence electrons. The van der Waals surface area contributed by atoms with Crippen molar-refractivity contribution < 1.29 is 0 Å². The molecule has 0 saturated carbocycles. The van der Waals surface area contributed by atoms with E-state index in [4.69, 9.17) is 23.2 Å². The van der Waals surface area contributed by atoms with Gasteiger partial charge in [0.25, 0.3) is 0 Å². The average Bonchev–Trinajstić information content (AvgIpc) is 3.12. The summed E-state index contributed by atoms with van der Waals surface area (Å²) in [5.74, 6) is 1.55. The van der Waals surface area contributed by atoms with Crippen LogP contribution in [0.2, 0.25) is 0 Å². The van der Waals surface area contributed by atoms with Crippen LogP contribution in [0.3, 0.4) is 0 Å². The molecule has 0 aliphatic carbocycles.